The van der Waals surface area contributed by atoms with Gasteiger partial charge in [-0.15, -0.1) is 0 Å². The Bertz CT molecular complexity index is 116. The first-order chi connectivity index (χ1) is 5.11. The van der Waals surface area contributed by atoms with Crippen LogP contribution in [-0.4, -0.2) is 51.6 Å². The molecule has 0 heterocycles. The summed E-state index contributed by atoms with van der Waals surface area (Å²) < 4.78 is 0. The predicted octanol–water partition coefficient (Wildman–Crippen LogP) is -2.35. The summed E-state index contributed by atoms with van der Waals surface area (Å²) in [6.07, 6.45) is -3.85. The molecule has 0 spiro atoms. The zero-order valence-electron chi connectivity index (χ0n) is 5.92. The zero-order chi connectivity index (χ0) is 8.85. The Morgan fingerprint density at radius 2 is 1.73 bits per heavy atom. The summed E-state index contributed by atoms with van der Waals surface area (Å²) in [4.78, 5) is 9.85. The van der Waals surface area contributed by atoms with E-state index in [0.717, 1.165) is 0 Å². The van der Waals surface area contributed by atoms with Crippen molar-refractivity contribution in [3.05, 3.63) is 0 Å². The average molecular weight is 164 g/mol. The highest BCUT2D eigenvalue weighted by molar-refractivity contribution is 5.55. The number of hydrogen-bond acceptors (Lipinski definition) is 5. The van der Waals surface area contributed by atoms with Crippen molar-refractivity contribution in [1.82, 2.24) is 0 Å². The van der Waals surface area contributed by atoms with Gasteiger partial charge in [-0.3, -0.25) is 0 Å². The third-order valence-electron chi connectivity index (χ3n) is 1.27. The van der Waals surface area contributed by atoms with Crippen molar-refractivity contribution < 1.29 is 25.2 Å². The van der Waals surface area contributed by atoms with Crippen LogP contribution in [0.2, 0.25) is 0 Å². The minimum absolute atomic E-state index is 0.257. The van der Waals surface area contributed by atoms with Crippen molar-refractivity contribution in [3.8, 4) is 0 Å². The number of rotatable bonds is 5. The molecule has 0 aromatic rings. The Balaban J connectivity index is 3.66. The van der Waals surface area contributed by atoms with E-state index in [1.807, 2.05) is 0 Å². The van der Waals surface area contributed by atoms with Crippen molar-refractivity contribution in [2.45, 2.75) is 24.7 Å². The number of aldehydes is 1. The molecule has 0 radical (unpaired) electrons. The van der Waals surface area contributed by atoms with Crippen molar-refractivity contribution in [1.29, 1.82) is 0 Å². The third-order valence-corrected chi connectivity index (χ3v) is 1.27. The van der Waals surface area contributed by atoms with Crippen LogP contribution in [0.1, 0.15) is 6.42 Å². The molecule has 0 amide bonds. The van der Waals surface area contributed by atoms with Crippen LogP contribution >= 0.6 is 0 Å². The number of hydrogen-bond donors (Lipinski definition) is 4. The lowest BCUT2D eigenvalue weighted by atomic mass is 10.1. The monoisotopic (exact) mass is 164 g/mol. The molecular weight excluding hydrogens is 152 g/mol. The van der Waals surface area contributed by atoms with Gasteiger partial charge in [0.15, 0.2) is 0 Å². The van der Waals surface area contributed by atoms with Gasteiger partial charge in [-0.05, 0) is 0 Å². The van der Waals surface area contributed by atoms with E-state index in [2.05, 4.69) is 0 Å². The lowest BCUT2D eigenvalue weighted by Crippen LogP contribution is -2.33. The second-order valence-corrected chi connectivity index (χ2v) is 2.26. The summed E-state index contributed by atoms with van der Waals surface area (Å²) in [6, 6.07) is 0. The van der Waals surface area contributed by atoms with Crippen LogP contribution in [0.15, 0.2) is 0 Å². The Morgan fingerprint density at radius 3 is 2.09 bits per heavy atom. The van der Waals surface area contributed by atoms with Crippen LogP contribution in [-0.2, 0) is 4.79 Å². The summed E-state index contributed by atoms with van der Waals surface area (Å²) in [5.41, 5.74) is 0. The first-order valence-electron chi connectivity index (χ1n) is 3.22. The molecule has 3 atom stereocenters. The fourth-order valence-electron chi connectivity index (χ4n) is 0.582. The molecule has 66 valence electrons. The van der Waals surface area contributed by atoms with Crippen molar-refractivity contribution in [3.63, 3.8) is 0 Å². The molecule has 0 saturated heterocycles. The molecule has 5 heteroatoms. The van der Waals surface area contributed by atoms with E-state index in [-0.39, 0.29) is 12.7 Å². The smallest absolute Gasteiger partial charge is 0.148 e. The lowest BCUT2D eigenvalue weighted by molar-refractivity contribution is -0.117. The topological polar surface area (TPSA) is 98.0 Å². The molecule has 0 aliphatic carbocycles. The lowest BCUT2D eigenvalue weighted by Gasteiger charge is -2.15. The van der Waals surface area contributed by atoms with Gasteiger partial charge in [-0.1, -0.05) is 0 Å². The number of carbonyl (C=O) groups is 1. The number of aliphatic hydroxyl groups excluding tert-OH is 4. The first-order valence-corrected chi connectivity index (χ1v) is 3.22. The molecule has 0 aliphatic rings. The standard InChI is InChI=1S/C6H12O5/c7-2-4(9)1-5(10)6(11)3-8/h2,4-6,8-11H,1,3H2/t4-,5+,6-/m1/s1. The van der Waals surface area contributed by atoms with E-state index in [1.165, 1.54) is 0 Å². The minimum atomic E-state index is -1.30. The summed E-state index contributed by atoms with van der Waals surface area (Å²) in [7, 11) is 0. The second kappa shape index (κ2) is 5.20. The Morgan fingerprint density at radius 1 is 1.18 bits per heavy atom. The molecule has 0 fully saturated rings. The summed E-state index contributed by atoms with van der Waals surface area (Å²) in [6.45, 7) is -0.591. The van der Waals surface area contributed by atoms with Gasteiger partial charge in [0.1, 0.15) is 18.5 Å². The van der Waals surface area contributed by atoms with E-state index in [0.29, 0.717) is 0 Å². The molecule has 4 N–H and O–H groups in total. The zero-order valence-corrected chi connectivity index (χ0v) is 5.92. The maximum Gasteiger partial charge on any atom is 0.148 e. The maximum absolute atomic E-state index is 9.85. The van der Waals surface area contributed by atoms with E-state index >= 15 is 0 Å². The molecule has 0 aliphatic heterocycles. The first kappa shape index (κ1) is 10.5. The van der Waals surface area contributed by atoms with E-state index in [1.54, 1.807) is 0 Å². The van der Waals surface area contributed by atoms with Crippen LogP contribution in [0.3, 0.4) is 0 Å². The van der Waals surface area contributed by atoms with Crippen LogP contribution in [0.4, 0.5) is 0 Å². The Labute approximate surface area is 63.9 Å². The molecule has 0 aromatic carbocycles. The molecule has 0 rings (SSSR count). The molecule has 0 unspecified atom stereocenters. The van der Waals surface area contributed by atoms with Crippen LogP contribution in [0.5, 0.6) is 0 Å². The highest BCUT2D eigenvalue weighted by atomic mass is 16.4. The summed E-state index contributed by atoms with van der Waals surface area (Å²) in [5.74, 6) is 0. The Kier molecular flexibility index (Phi) is 4.97. The largest absolute Gasteiger partial charge is 0.394 e. The van der Waals surface area contributed by atoms with Crippen molar-refractivity contribution in [2.24, 2.45) is 0 Å². The molecule has 5 nitrogen and oxygen atoms in total. The number of carbonyl (C=O) groups excluding carboxylic acids is 1. The SMILES string of the molecule is O=C[C@H](O)C[C@H](O)[C@H](O)CO. The van der Waals surface area contributed by atoms with Gasteiger partial charge in [0, 0.05) is 6.42 Å². The van der Waals surface area contributed by atoms with Gasteiger partial charge in [0.2, 0.25) is 0 Å². The van der Waals surface area contributed by atoms with Crippen LogP contribution in [0.25, 0.3) is 0 Å². The van der Waals surface area contributed by atoms with E-state index in [9.17, 15) is 4.79 Å². The highest BCUT2D eigenvalue weighted by Crippen LogP contribution is 2.00. The highest BCUT2D eigenvalue weighted by Gasteiger charge is 2.18. The fraction of sp³-hybridized carbons (Fsp3) is 0.833. The van der Waals surface area contributed by atoms with Gasteiger partial charge in [-0.25, -0.2) is 0 Å². The van der Waals surface area contributed by atoms with E-state index < -0.39 is 24.9 Å². The normalized spacial score (nSPS) is 18.9. The molecular formula is C6H12O5. The molecule has 0 saturated carbocycles. The number of aliphatic hydroxyl groups is 4. The van der Waals surface area contributed by atoms with Gasteiger partial charge in [0.05, 0.1) is 12.7 Å². The predicted molar refractivity (Wildman–Crippen MR) is 35.8 cm³/mol. The van der Waals surface area contributed by atoms with Gasteiger partial charge in [0.25, 0.3) is 0 Å². The van der Waals surface area contributed by atoms with Gasteiger partial charge >= 0.3 is 0 Å². The van der Waals surface area contributed by atoms with Crippen molar-refractivity contribution in [2.75, 3.05) is 6.61 Å². The fourth-order valence-corrected chi connectivity index (χ4v) is 0.582. The summed E-state index contributed by atoms with van der Waals surface area (Å²) >= 11 is 0. The maximum atomic E-state index is 9.85. The Hall–Kier alpha value is -0.490. The minimum Gasteiger partial charge on any atom is -0.394 e. The van der Waals surface area contributed by atoms with Gasteiger partial charge < -0.3 is 25.2 Å². The van der Waals surface area contributed by atoms with Gasteiger partial charge in [-0.2, -0.15) is 0 Å². The molecule has 0 bridgehead atoms. The third kappa shape index (κ3) is 4.05. The summed E-state index contributed by atoms with van der Waals surface area (Å²) in [5, 5.41) is 34.6. The van der Waals surface area contributed by atoms with Crippen LogP contribution < -0.4 is 0 Å². The molecule has 11 heavy (non-hydrogen) atoms. The van der Waals surface area contributed by atoms with Crippen LogP contribution in [0, 0.1) is 0 Å². The van der Waals surface area contributed by atoms with Crippen molar-refractivity contribution >= 4 is 6.29 Å². The molecule has 0 aromatic heterocycles. The average Bonchev–Trinajstić information content (AvgIpc) is 2.02. The second-order valence-electron chi connectivity index (χ2n) is 2.26. The van der Waals surface area contributed by atoms with E-state index in [4.69, 9.17) is 20.4 Å². The quantitative estimate of drug-likeness (QED) is 0.341.